The van der Waals surface area contributed by atoms with Gasteiger partial charge in [0.2, 0.25) is 10.0 Å². The van der Waals surface area contributed by atoms with E-state index in [1.807, 2.05) is 0 Å². The molecule has 1 atom stereocenters. The van der Waals surface area contributed by atoms with Crippen LogP contribution in [0.1, 0.15) is 6.42 Å². The second-order valence-electron chi connectivity index (χ2n) is 3.76. The first kappa shape index (κ1) is 12.0. The van der Waals surface area contributed by atoms with Crippen LogP contribution in [0.25, 0.3) is 0 Å². The van der Waals surface area contributed by atoms with Crippen molar-refractivity contribution in [3.63, 3.8) is 0 Å². The summed E-state index contributed by atoms with van der Waals surface area (Å²) in [5, 5.41) is 9.34. The standard InChI is InChI=1S/C10H12BrNO3S/c11-8-1-3-10(4-2-8)16(14,15)12-6-5-9(13)7-12/h1-4,9,13H,5-7H2. The first-order chi connectivity index (χ1) is 7.50. The topological polar surface area (TPSA) is 57.6 Å². The van der Waals surface area contributed by atoms with Crippen molar-refractivity contribution < 1.29 is 13.5 Å². The summed E-state index contributed by atoms with van der Waals surface area (Å²) in [6.07, 6.45) is -0.0271. The third-order valence-corrected chi connectivity index (χ3v) is 4.99. The second kappa shape index (κ2) is 4.44. The third kappa shape index (κ3) is 2.29. The van der Waals surface area contributed by atoms with E-state index in [2.05, 4.69) is 15.9 Å². The van der Waals surface area contributed by atoms with Gasteiger partial charge in [-0.3, -0.25) is 0 Å². The molecule has 1 N–H and O–H groups in total. The van der Waals surface area contributed by atoms with E-state index in [-0.39, 0.29) is 11.4 Å². The van der Waals surface area contributed by atoms with Crippen LogP contribution in [0.15, 0.2) is 33.6 Å². The Morgan fingerprint density at radius 1 is 1.31 bits per heavy atom. The molecule has 1 unspecified atom stereocenters. The van der Waals surface area contributed by atoms with E-state index in [1.165, 1.54) is 4.31 Å². The van der Waals surface area contributed by atoms with Crippen molar-refractivity contribution in [1.82, 2.24) is 4.31 Å². The number of hydrogen-bond acceptors (Lipinski definition) is 3. The molecule has 88 valence electrons. The molecule has 2 rings (SSSR count). The third-order valence-electron chi connectivity index (χ3n) is 2.58. The summed E-state index contributed by atoms with van der Waals surface area (Å²) >= 11 is 3.26. The van der Waals surface area contributed by atoms with Gasteiger partial charge in [0.15, 0.2) is 0 Å². The Hall–Kier alpha value is -0.430. The number of β-amino-alcohol motifs (C(OH)–C–C–N with tert-alkyl or cyclic N) is 1. The first-order valence-electron chi connectivity index (χ1n) is 4.94. The van der Waals surface area contributed by atoms with E-state index in [9.17, 15) is 13.5 Å². The van der Waals surface area contributed by atoms with Gasteiger partial charge in [-0.05, 0) is 30.7 Å². The molecule has 1 aromatic rings. The molecule has 1 aliphatic rings. The number of hydrogen-bond donors (Lipinski definition) is 1. The van der Waals surface area contributed by atoms with Crippen LogP contribution in [0.4, 0.5) is 0 Å². The predicted octanol–water partition coefficient (Wildman–Crippen LogP) is 1.20. The maximum Gasteiger partial charge on any atom is 0.243 e. The molecule has 0 bridgehead atoms. The van der Waals surface area contributed by atoms with Gasteiger partial charge in [0.25, 0.3) is 0 Å². The minimum atomic E-state index is -3.44. The number of aliphatic hydroxyl groups excluding tert-OH is 1. The molecule has 0 saturated carbocycles. The Morgan fingerprint density at radius 2 is 1.94 bits per heavy atom. The molecular weight excluding hydrogens is 294 g/mol. The normalized spacial score (nSPS) is 22.5. The molecule has 16 heavy (non-hydrogen) atoms. The summed E-state index contributed by atoms with van der Waals surface area (Å²) < 4.78 is 26.3. The Morgan fingerprint density at radius 3 is 2.44 bits per heavy atom. The lowest BCUT2D eigenvalue weighted by atomic mass is 10.3. The van der Waals surface area contributed by atoms with Crippen LogP contribution >= 0.6 is 15.9 Å². The van der Waals surface area contributed by atoms with Gasteiger partial charge in [-0.25, -0.2) is 8.42 Å². The van der Waals surface area contributed by atoms with E-state index in [4.69, 9.17) is 0 Å². The number of rotatable bonds is 2. The molecule has 6 heteroatoms. The highest BCUT2D eigenvalue weighted by Crippen LogP contribution is 2.22. The maximum absolute atomic E-state index is 12.1. The Bertz CT molecular complexity index is 471. The fourth-order valence-electron chi connectivity index (χ4n) is 1.68. The van der Waals surface area contributed by atoms with E-state index in [0.717, 1.165) is 4.47 Å². The van der Waals surface area contributed by atoms with Crippen molar-refractivity contribution in [2.24, 2.45) is 0 Å². The Labute approximate surface area is 103 Å². The van der Waals surface area contributed by atoms with Gasteiger partial charge in [0.1, 0.15) is 0 Å². The van der Waals surface area contributed by atoms with Crippen LogP contribution in [0.5, 0.6) is 0 Å². The summed E-state index contributed by atoms with van der Waals surface area (Å²) in [7, 11) is -3.44. The predicted molar refractivity (Wildman–Crippen MR) is 63.5 cm³/mol. The lowest BCUT2D eigenvalue weighted by Gasteiger charge is -2.15. The number of aliphatic hydroxyl groups is 1. The summed E-state index contributed by atoms with van der Waals surface area (Å²) in [6.45, 7) is 0.581. The zero-order valence-corrected chi connectivity index (χ0v) is 10.9. The molecule has 0 amide bonds. The molecule has 1 saturated heterocycles. The van der Waals surface area contributed by atoms with E-state index in [1.54, 1.807) is 24.3 Å². The summed E-state index contributed by atoms with van der Waals surface area (Å²) in [5.74, 6) is 0. The van der Waals surface area contributed by atoms with Gasteiger partial charge in [-0.2, -0.15) is 4.31 Å². The van der Waals surface area contributed by atoms with Crippen LogP contribution in [0.2, 0.25) is 0 Å². The van der Waals surface area contributed by atoms with Gasteiger partial charge >= 0.3 is 0 Å². The lowest BCUT2D eigenvalue weighted by Crippen LogP contribution is -2.29. The zero-order valence-electron chi connectivity index (χ0n) is 8.51. The van der Waals surface area contributed by atoms with Gasteiger partial charge in [0, 0.05) is 17.6 Å². The SMILES string of the molecule is O=S(=O)(c1ccc(Br)cc1)N1CCC(O)C1. The molecule has 0 aliphatic carbocycles. The molecule has 0 radical (unpaired) electrons. The summed E-state index contributed by atoms with van der Waals surface area (Å²) in [4.78, 5) is 0.268. The zero-order chi connectivity index (χ0) is 11.8. The molecule has 1 fully saturated rings. The maximum atomic E-state index is 12.1. The molecule has 0 aromatic heterocycles. The quantitative estimate of drug-likeness (QED) is 0.893. The van der Waals surface area contributed by atoms with E-state index in [0.29, 0.717) is 13.0 Å². The fraction of sp³-hybridized carbons (Fsp3) is 0.400. The fourth-order valence-corrected chi connectivity index (χ4v) is 3.44. The highest BCUT2D eigenvalue weighted by molar-refractivity contribution is 9.10. The van der Waals surface area contributed by atoms with Crippen molar-refractivity contribution in [2.45, 2.75) is 17.4 Å². The summed E-state index contributed by atoms with van der Waals surface area (Å²) in [6, 6.07) is 6.51. The average Bonchev–Trinajstić information content (AvgIpc) is 2.66. The molecule has 0 spiro atoms. The lowest BCUT2D eigenvalue weighted by molar-refractivity contribution is 0.189. The van der Waals surface area contributed by atoms with E-state index >= 15 is 0 Å². The highest BCUT2D eigenvalue weighted by Gasteiger charge is 2.31. The smallest absolute Gasteiger partial charge is 0.243 e. The second-order valence-corrected chi connectivity index (χ2v) is 6.61. The number of halogens is 1. The van der Waals surface area contributed by atoms with E-state index < -0.39 is 16.1 Å². The molecule has 1 aromatic carbocycles. The molecule has 4 nitrogen and oxygen atoms in total. The number of benzene rings is 1. The minimum Gasteiger partial charge on any atom is -0.392 e. The Balaban J connectivity index is 2.29. The molecular formula is C10H12BrNO3S. The van der Waals surface area contributed by atoms with Gasteiger partial charge in [-0.1, -0.05) is 15.9 Å². The monoisotopic (exact) mass is 305 g/mol. The van der Waals surface area contributed by atoms with Crippen molar-refractivity contribution in [3.8, 4) is 0 Å². The van der Waals surface area contributed by atoms with Crippen LogP contribution < -0.4 is 0 Å². The van der Waals surface area contributed by atoms with Gasteiger partial charge < -0.3 is 5.11 Å². The largest absolute Gasteiger partial charge is 0.392 e. The van der Waals surface area contributed by atoms with Gasteiger partial charge in [0.05, 0.1) is 11.0 Å². The van der Waals surface area contributed by atoms with Crippen LogP contribution in [-0.2, 0) is 10.0 Å². The highest BCUT2D eigenvalue weighted by atomic mass is 79.9. The first-order valence-corrected chi connectivity index (χ1v) is 7.17. The van der Waals surface area contributed by atoms with Crippen LogP contribution in [-0.4, -0.2) is 37.0 Å². The van der Waals surface area contributed by atoms with Crippen molar-refractivity contribution in [2.75, 3.05) is 13.1 Å². The minimum absolute atomic E-state index is 0.193. The van der Waals surface area contributed by atoms with Crippen molar-refractivity contribution >= 4 is 26.0 Å². The van der Waals surface area contributed by atoms with Crippen molar-refractivity contribution in [1.29, 1.82) is 0 Å². The van der Waals surface area contributed by atoms with Crippen molar-refractivity contribution in [3.05, 3.63) is 28.7 Å². The molecule has 1 heterocycles. The Kier molecular flexibility index (Phi) is 3.34. The van der Waals surface area contributed by atoms with Gasteiger partial charge in [-0.15, -0.1) is 0 Å². The number of sulfonamides is 1. The summed E-state index contributed by atoms with van der Waals surface area (Å²) in [5.41, 5.74) is 0. The number of nitrogens with zero attached hydrogens (tertiary/aromatic N) is 1. The van der Waals surface area contributed by atoms with Crippen LogP contribution in [0.3, 0.4) is 0 Å². The van der Waals surface area contributed by atoms with Crippen LogP contribution in [0, 0.1) is 0 Å². The average molecular weight is 306 g/mol. The molecule has 1 aliphatic heterocycles.